The molecule has 112 valence electrons. The van der Waals surface area contributed by atoms with Crippen LogP contribution in [0.1, 0.15) is 26.7 Å². The van der Waals surface area contributed by atoms with Gasteiger partial charge in [-0.05, 0) is 37.0 Å². The lowest BCUT2D eigenvalue weighted by Gasteiger charge is -2.33. The van der Waals surface area contributed by atoms with Crippen LogP contribution < -0.4 is 10.2 Å². The average Bonchev–Trinajstić information content (AvgIpc) is 2.38. The molecule has 0 spiro atoms. The van der Waals surface area contributed by atoms with E-state index in [1.165, 1.54) is 0 Å². The maximum absolute atomic E-state index is 6.31. The fraction of sp³-hybridized carbons (Fsp3) is 0.625. The molecular formula is C16H25ClN2O. The monoisotopic (exact) mass is 296 g/mol. The summed E-state index contributed by atoms with van der Waals surface area (Å²) in [6.45, 7) is 5.27. The van der Waals surface area contributed by atoms with Crippen LogP contribution >= 0.6 is 11.6 Å². The summed E-state index contributed by atoms with van der Waals surface area (Å²) in [5.41, 5.74) is 2.14. The van der Waals surface area contributed by atoms with E-state index in [2.05, 4.69) is 31.3 Å². The van der Waals surface area contributed by atoms with Gasteiger partial charge in [0, 0.05) is 32.4 Å². The van der Waals surface area contributed by atoms with E-state index in [9.17, 15) is 0 Å². The quantitative estimate of drug-likeness (QED) is 0.908. The van der Waals surface area contributed by atoms with Gasteiger partial charge in [0.1, 0.15) is 0 Å². The van der Waals surface area contributed by atoms with Crippen molar-refractivity contribution in [3.63, 3.8) is 0 Å². The van der Waals surface area contributed by atoms with Gasteiger partial charge in [-0.25, -0.2) is 0 Å². The minimum Gasteiger partial charge on any atom is -0.382 e. The minimum absolute atomic E-state index is 0.359. The van der Waals surface area contributed by atoms with Crippen LogP contribution in [0.5, 0.6) is 0 Å². The molecule has 1 N–H and O–H groups in total. The first kappa shape index (κ1) is 15.5. The van der Waals surface area contributed by atoms with Crippen molar-refractivity contribution in [3.8, 4) is 0 Å². The Morgan fingerprint density at radius 3 is 2.70 bits per heavy atom. The number of benzene rings is 1. The largest absolute Gasteiger partial charge is 0.382 e. The second-order valence-corrected chi connectivity index (χ2v) is 6.49. The van der Waals surface area contributed by atoms with Crippen LogP contribution in [-0.2, 0) is 4.74 Å². The number of nitrogens with zero attached hydrogens (tertiary/aromatic N) is 1. The number of anilines is 2. The zero-order valence-electron chi connectivity index (χ0n) is 12.8. The number of rotatable bonds is 4. The highest BCUT2D eigenvalue weighted by atomic mass is 35.5. The zero-order valence-corrected chi connectivity index (χ0v) is 13.6. The number of nitrogens with one attached hydrogen (secondary N) is 1. The van der Waals surface area contributed by atoms with Gasteiger partial charge in [-0.3, -0.25) is 0 Å². The molecule has 1 aromatic rings. The third-order valence-electron chi connectivity index (χ3n) is 3.86. The lowest BCUT2D eigenvalue weighted by atomic mass is 9.95. The van der Waals surface area contributed by atoms with E-state index in [1.807, 2.05) is 25.1 Å². The molecule has 1 aliphatic rings. The van der Waals surface area contributed by atoms with Crippen LogP contribution in [0.4, 0.5) is 11.4 Å². The van der Waals surface area contributed by atoms with Gasteiger partial charge in [0.05, 0.1) is 16.8 Å². The topological polar surface area (TPSA) is 24.5 Å². The molecular weight excluding hydrogens is 272 g/mol. The van der Waals surface area contributed by atoms with Crippen LogP contribution in [0.25, 0.3) is 0 Å². The third-order valence-corrected chi connectivity index (χ3v) is 4.16. The zero-order chi connectivity index (χ0) is 14.7. The molecule has 1 fully saturated rings. The standard InChI is InChI=1S/C16H25ClN2O/c1-11(2)16-10-13(7-8-20-16)18-12-5-6-15(19(3)4)14(17)9-12/h5-6,9,11,13,16,18H,7-8,10H2,1-4H3. The lowest BCUT2D eigenvalue weighted by Crippen LogP contribution is -2.36. The third kappa shape index (κ3) is 3.80. The summed E-state index contributed by atoms with van der Waals surface area (Å²) in [6, 6.07) is 6.64. The molecule has 20 heavy (non-hydrogen) atoms. The van der Waals surface area contributed by atoms with E-state index in [-0.39, 0.29) is 0 Å². The maximum atomic E-state index is 6.31. The molecule has 2 atom stereocenters. The highest BCUT2D eigenvalue weighted by Crippen LogP contribution is 2.29. The van der Waals surface area contributed by atoms with Crippen molar-refractivity contribution in [2.45, 2.75) is 38.8 Å². The molecule has 3 nitrogen and oxygen atoms in total. The van der Waals surface area contributed by atoms with Gasteiger partial charge in [-0.2, -0.15) is 0 Å². The molecule has 2 rings (SSSR count). The molecule has 0 aliphatic carbocycles. The van der Waals surface area contributed by atoms with E-state index in [4.69, 9.17) is 16.3 Å². The fourth-order valence-electron chi connectivity index (χ4n) is 2.62. The fourth-order valence-corrected chi connectivity index (χ4v) is 2.97. The highest BCUT2D eigenvalue weighted by molar-refractivity contribution is 6.33. The van der Waals surface area contributed by atoms with Crippen molar-refractivity contribution in [2.24, 2.45) is 5.92 Å². The Bertz CT molecular complexity index is 448. The van der Waals surface area contributed by atoms with Crippen LogP contribution in [0.2, 0.25) is 5.02 Å². The van der Waals surface area contributed by atoms with Gasteiger partial charge in [0.15, 0.2) is 0 Å². The maximum Gasteiger partial charge on any atom is 0.0659 e. The molecule has 1 saturated heterocycles. The highest BCUT2D eigenvalue weighted by Gasteiger charge is 2.24. The Hall–Kier alpha value is -0.930. The summed E-state index contributed by atoms with van der Waals surface area (Å²) in [5, 5.41) is 4.37. The summed E-state index contributed by atoms with van der Waals surface area (Å²) in [6.07, 6.45) is 2.47. The Labute approximate surface area is 127 Å². The minimum atomic E-state index is 0.359. The van der Waals surface area contributed by atoms with Crippen molar-refractivity contribution < 1.29 is 4.74 Å². The molecule has 0 bridgehead atoms. The summed E-state index contributed by atoms with van der Waals surface area (Å²) >= 11 is 6.31. The number of halogens is 1. The molecule has 0 saturated carbocycles. The first-order chi connectivity index (χ1) is 9.47. The van der Waals surface area contributed by atoms with E-state index in [0.717, 1.165) is 35.8 Å². The number of ether oxygens (including phenoxy) is 1. The molecule has 0 radical (unpaired) electrons. The molecule has 2 unspecified atom stereocenters. The second kappa shape index (κ2) is 6.68. The molecule has 1 aliphatic heterocycles. The molecule has 1 heterocycles. The summed E-state index contributed by atoms with van der Waals surface area (Å²) in [4.78, 5) is 2.02. The van der Waals surface area contributed by atoms with Gasteiger partial charge in [-0.1, -0.05) is 25.4 Å². The van der Waals surface area contributed by atoms with Crippen molar-refractivity contribution in [3.05, 3.63) is 23.2 Å². The first-order valence-electron chi connectivity index (χ1n) is 7.32. The Morgan fingerprint density at radius 1 is 1.35 bits per heavy atom. The van der Waals surface area contributed by atoms with Gasteiger partial charge in [0.2, 0.25) is 0 Å². The van der Waals surface area contributed by atoms with Crippen LogP contribution in [0, 0.1) is 5.92 Å². The van der Waals surface area contributed by atoms with Gasteiger partial charge >= 0.3 is 0 Å². The smallest absolute Gasteiger partial charge is 0.0659 e. The van der Waals surface area contributed by atoms with Gasteiger partial charge in [-0.15, -0.1) is 0 Å². The van der Waals surface area contributed by atoms with Crippen molar-refractivity contribution in [1.29, 1.82) is 0 Å². The van der Waals surface area contributed by atoms with E-state index < -0.39 is 0 Å². The summed E-state index contributed by atoms with van der Waals surface area (Å²) < 4.78 is 5.81. The molecule has 0 aromatic heterocycles. The van der Waals surface area contributed by atoms with Crippen LogP contribution in [0.15, 0.2) is 18.2 Å². The SMILES string of the molecule is CC(C)C1CC(Nc2ccc(N(C)C)c(Cl)c2)CCO1. The van der Waals surface area contributed by atoms with Gasteiger partial charge < -0.3 is 15.0 Å². The Balaban J connectivity index is 2.01. The summed E-state index contributed by atoms with van der Waals surface area (Å²) in [7, 11) is 4.00. The average molecular weight is 297 g/mol. The normalized spacial score (nSPS) is 22.9. The molecule has 4 heteroatoms. The predicted molar refractivity (Wildman–Crippen MR) is 87.0 cm³/mol. The summed E-state index contributed by atoms with van der Waals surface area (Å²) in [5.74, 6) is 0.569. The van der Waals surface area contributed by atoms with Crippen LogP contribution in [0.3, 0.4) is 0 Å². The Morgan fingerprint density at radius 2 is 2.10 bits per heavy atom. The Kier molecular flexibility index (Phi) is 5.17. The second-order valence-electron chi connectivity index (χ2n) is 6.08. The van der Waals surface area contributed by atoms with Crippen molar-refractivity contribution >= 4 is 23.0 Å². The van der Waals surface area contributed by atoms with Crippen molar-refractivity contribution in [2.75, 3.05) is 30.9 Å². The van der Waals surface area contributed by atoms with Crippen LogP contribution in [-0.4, -0.2) is 32.8 Å². The molecule has 1 aromatic carbocycles. The number of hydrogen-bond donors (Lipinski definition) is 1. The van der Waals surface area contributed by atoms with E-state index >= 15 is 0 Å². The van der Waals surface area contributed by atoms with E-state index in [0.29, 0.717) is 18.1 Å². The first-order valence-corrected chi connectivity index (χ1v) is 7.70. The van der Waals surface area contributed by atoms with Gasteiger partial charge in [0.25, 0.3) is 0 Å². The molecule has 0 amide bonds. The predicted octanol–water partition coefficient (Wildman–Crippen LogP) is 4.02. The lowest BCUT2D eigenvalue weighted by molar-refractivity contribution is -0.0160. The number of hydrogen-bond acceptors (Lipinski definition) is 3. The van der Waals surface area contributed by atoms with E-state index in [1.54, 1.807) is 0 Å². The van der Waals surface area contributed by atoms with Crippen molar-refractivity contribution in [1.82, 2.24) is 0 Å².